The number of aromatic nitrogens is 4. The van der Waals surface area contributed by atoms with Crippen LogP contribution in [0.15, 0.2) is 220 Å². The molecule has 21 heteroatoms. The van der Waals surface area contributed by atoms with Gasteiger partial charge in [0.15, 0.2) is 0 Å². The Labute approximate surface area is 565 Å². The maximum atomic E-state index is 14.7. The number of hydrogen-bond acceptors (Lipinski definition) is 7. The molecule has 1 aliphatic rings. The minimum atomic E-state index is -0.781. The van der Waals surface area contributed by atoms with Crippen molar-refractivity contribution in [3.63, 3.8) is 0 Å². The molecule has 450 valence electrons. The van der Waals surface area contributed by atoms with Crippen LogP contribution in [0.5, 0.6) is 0 Å². The average molecular weight is 1350 g/mol. The molecule has 0 bridgehead atoms. The largest absolute Gasteiger partial charge is 2.00 e. The molecule has 1 aliphatic heterocycles. The van der Waals surface area contributed by atoms with E-state index < -0.39 is 52.0 Å². The van der Waals surface area contributed by atoms with Crippen molar-refractivity contribution in [1.29, 1.82) is 0 Å². The van der Waals surface area contributed by atoms with E-state index in [1.165, 1.54) is 47.9 Å². The van der Waals surface area contributed by atoms with Gasteiger partial charge in [0, 0.05) is 36.0 Å². The van der Waals surface area contributed by atoms with E-state index in [9.17, 15) is 35.9 Å². The number of aryl methyl sites for hydroxylation is 2. The summed E-state index contributed by atoms with van der Waals surface area (Å²) in [7, 11) is 0. The van der Waals surface area contributed by atoms with Gasteiger partial charge in [-0.05, 0) is 94.7 Å². The van der Waals surface area contributed by atoms with Crippen molar-refractivity contribution in [1.82, 2.24) is 19.6 Å². The molecule has 0 unspecified atom stereocenters. The SMILES string of the molecule is C1CCOC1.C[CH-]C.Cc1nn(Cc2ccccc2)c(=O)c(-c2c(F)cccc2F)c1-c1ccccc1.Cc1nn(Cc2ccccc2)c(=O)c(-c2ccccc2)c1-c1ccccc1.Fc1[c-]c(F)ccc1.Fc1cccc(F)c1Br.O=S=O.[Cl-].[Cl-].[Mg+2].[Mg+2]. The van der Waals surface area contributed by atoms with E-state index in [2.05, 4.69) is 26.1 Å². The van der Waals surface area contributed by atoms with E-state index in [1.54, 1.807) is 23.7 Å². The zero-order valence-corrected chi connectivity index (χ0v) is 55.2. The number of benzene rings is 8. The van der Waals surface area contributed by atoms with Gasteiger partial charge in [0.1, 0.15) is 23.3 Å². The first-order chi connectivity index (χ1) is 40.6. The van der Waals surface area contributed by atoms with Gasteiger partial charge in [-0.15, -0.1) is 18.2 Å². The summed E-state index contributed by atoms with van der Waals surface area (Å²) in [6, 6.07) is 60.9. The second-order valence-corrected chi connectivity index (χ2v) is 19.0. The maximum absolute atomic E-state index is 14.7. The number of hydrogen-bond donors (Lipinski definition) is 0. The summed E-state index contributed by atoms with van der Waals surface area (Å²) in [5.41, 5.74) is 6.95. The predicted molar refractivity (Wildman–Crippen MR) is 335 cm³/mol. The van der Waals surface area contributed by atoms with Crippen LogP contribution in [0, 0.1) is 61.2 Å². The Morgan fingerprint density at radius 2 is 0.761 bits per heavy atom. The van der Waals surface area contributed by atoms with Crippen molar-refractivity contribution in [2.24, 2.45) is 0 Å². The molecule has 0 aliphatic carbocycles. The fourth-order valence-corrected chi connectivity index (χ4v) is 8.54. The smallest absolute Gasteiger partial charge is 1.00 e. The minimum Gasteiger partial charge on any atom is -1.00 e. The first-order valence-electron chi connectivity index (χ1n) is 26.2. The molecule has 0 amide bonds. The second-order valence-electron chi connectivity index (χ2n) is 18.1. The first kappa shape index (κ1) is 79.5. The van der Waals surface area contributed by atoms with Gasteiger partial charge in [-0.1, -0.05) is 164 Å². The molecule has 8 aromatic carbocycles. The summed E-state index contributed by atoms with van der Waals surface area (Å²) in [5, 5.41) is 9.08. The van der Waals surface area contributed by atoms with Crippen LogP contribution in [-0.2, 0) is 29.4 Å². The van der Waals surface area contributed by atoms with Gasteiger partial charge in [-0.3, -0.25) is 9.59 Å². The maximum Gasteiger partial charge on any atom is 2.00 e. The van der Waals surface area contributed by atoms with Crippen LogP contribution in [0.3, 0.4) is 0 Å². The van der Waals surface area contributed by atoms with E-state index in [0.29, 0.717) is 28.9 Å². The molecular weight excluding hydrogens is 1290 g/mol. The standard InChI is InChI=1S/C24H18F2N2O.C24H20N2O.C6H3BrF2.C6H3F2.C4H8O.C3H7.2ClH.2Mg.O2S/c1-16-21(18-11-6-3-7-12-18)23(22-19(25)13-8-14-20(22)26)24(29)28(27-16)15-17-9-4-2-5-10-17;1-18-22(20-13-7-3-8-14-20)23(21-15-9-4-10-16-21)24(27)26(25-18)17-19-11-5-2-6-12-19;7-6-4(8)2-1-3-5(6)9;7-5-2-1-3-6(8)4-5;1-2-4-5-3-1;1-3-2;;;;;1-3-2/h2-14H,15H2,1H3;2-16H,17H2,1H3;1-3H;1-3H;1-4H2;3H,1-2H3;2*1H;;;/q;;;-1;;-1;;;2*+2;/p-2. The Morgan fingerprint density at radius 1 is 0.466 bits per heavy atom. The monoisotopic (exact) mass is 1340 g/mol. The van der Waals surface area contributed by atoms with Crippen LogP contribution < -0.4 is 35.9 Å². The summed E-state index contributed by atoms with van der Waals surface area (Å²) >= 11 is 1.98. The quantitative estimate of drug-likeness (QED) is 0.0646. The van der Waals surface area contributed by atoms with Gasteiger partial charge in [0.05, 0.1) is 45.6 Å². The Kier molecular flexibility index (Phi) is 39.0. The summed E-state index contributed by atoms with van der Waals surface area (Å²) in [6.07, 6.45) is 4.56. The summed E-state index contributed by atoms with van der Waals surface area (Å²) in [5.74, 6) is -4.03. The topological polar surface area (TPSA) is 113 Å². The summed E-state index contributed by atoms with van der Waals surface area (Å²) in [6.45, 7) is 10.4. The molecule has 0 spiro atoms. The summed E-state index contributed by atoms with van der Waals surface area (Å²) < 4.78 is 102. The molecule has 2 aromatic heterocycles. The normalized spacial score (nSPS) is 10.4. The van der Waals surface area contributed by atoms with Crippen molar-refractivity contribution in [3.05, 3.63) is 301 Å². The molecular formula is C67H59BrCl2F6Mg2N4O5S. The molecule has 0 radical (unpaired) electrons. The van der Waals surface area contributed by atoms with Gasteiger partial charge in [0.25, 0.3) is 11.1 Å². The van der Waals surface area contributed by atoms with Crippen molar-refractivity contribution >= 4 is 73.6 Å². The Hall–Kier alpha value is -6.53. The minimum absolute atomic E-state index is 0. The van der Waals surface area contributed by atoms with Crippen LogP contribution >= 0.6 is 15.9 Å². The van der Waals surface area contributed by atoms with Gasteiger partial charge < -0.3 is 36.0 Å². The third-order valence-electron chi connectivity index (χ3n) is 11.9. The van der Waals surface area contributed by atoms with Gasteiger partial charge >= 0.3 is 57.7 Å². The van der Waals surface area contributed by atoms with Crippen LogP contribution in [-0.4, -0.2) is 87.3 Å². The van der Waals surface area contributed by atoms with Crippen LogP contribution in [0.2, 0.25) is 0 Å². The molecule has 11 rings (SSSR count). The van der Waals surface area contributed by atoms with Gasteiger partial charge in [-0.2, -0.15) is 38.5 Å². The zero-order chi connectivity index (χ0) is 60.8. The Balaban J connectivity index is 0.000000596. The van der Waals surface area contributed by atoms with Crippen molar-refractivity contribution in [2.75, 3.05) is 13.2 Å². The molecule has 9 nitrogen and oxygen atoms in total. The number of ether oxygens (including phenoxy) is 1. The molecule has 10 aromatic rings. The van der Waals surface area contributed by atoms with Crippen LogP contribution in [0.1, 0.15) is 49.2 Å². The molecule has 1 saturated heterocycles. The average Bonchev–Trinajstić information content (AvgIpc) is 4.03. The number of rotatable bonds is 8. The molecule has 3 heterocycles. The van der Waals surface area contributed by atoms with Gasteiger partial charge in [-0.25, -0.2) is 35.7 Å². The van der Waals surface area contributed by atoms with Crippen LogP contribution in [0.25, 0.3) is 44.5 Å². The third-order valence-corrected chi connectivity index (χ3v) is 12.6. The zero-order valence-electron chi connectivity index (χ0n) is 48.5. The van der Waals surface area contributed by atoms with E-state index in [-0.39, 0.29) is 98.6 Å². The van der Waals surface area contributed by atoms with Crippen LogP contribution in [0.4, 0.5) is 26.3 Å². The molecule has 1 fully saturated rings. The third kappa shape index (κ3) is 24.8. The molecule has 0 atom stereocenters. The van der Waals surface area contributed by atoms with Crippen molar-refractivity contribution in [2.45, 2.75) is 53.6 Å². The van der Waals surface area contributed by atoms with E-state index >= 15 is 0 Å². The van der Waals surface area contributed by atoms with E-state index in [1.807, 2.05) is 173 Å². The van der Waals surface area contributed by atoms with Crippen molar-refractivity contribution < 1.29 is 64.3 Å². The second kappa shape index (κ2) is 43.2. The Morgan fingerprint density at radius 3 is 1.07 bits per heavy atom. The van der Waals surface area contributed by atoms with Gasteiger partial charge in [0.2, 0.25) is 0 Å². The van der Waals surface area contributed by atoms with E-state index in [0.717, 1.165) is 71.0 Å². The predicted octanol–water partition coefficient (Wildman–Crippen LogP) is 9.24. The number of halogens is 9. The van der Waals surface area contributed by atoms with E-state index in [4.69, 9.17) is 13.2 Å². The molecule has 88 heavy (non-hydrogen) atoms. The van der Waals surface area contributed by atoms with Crippen molar-refractivity contribution in [3.8, 4) is 44.5 Å². The fraction of sp³-hybridized carbons (Fsp3) is 0.149. The molecule has 0 saturated carbocycles. The number of nitrogens with zero attached hydrogens (tertiary/aromatic N) is 4. The molecule has 0 N–H and O–H groups in total. The first-order valence-corrected chi connectivity index (χ1v) is 27.7. The Bertz CT molecular complexity index is 3740. The summed E-state index contributed by atoms with van der Waals surface area (Å²) in [4.78, 5) is 26.8. The fourth-order valence-electron chi connectivity index (χ4n) is 8.27.